The van der Waals surface area contributed by atoms with Crippen molar-refractivity contribution >= 4 is 5.82 Å². The van der Waals surface area contributed by atoms with Crippen LogP contribution in [0.4, 0.5) is 10.2 Å². The van der Waals surface area contributed by atoms with Crippen LogP contribution in [0.25, 0.3) is 0 Å². The first kappa shape index (κ1) is 7.94. The monoisotopic (exact) mass is 155 g/mol. The second kappa shape index (κ2) is 3.88. The maximum atomic E-state index is 12.4. The number of halogens is 1. The number of pyridine rings is 1. The predicted octanol–water partition coefficient (Wildman–Crippen LogP) is 0.591. The first-order chi connectivity index (χ1) is 5.33. The second-order valence-electron chi connectivity index (χ2n) is 2.06. The highest BCUT2D eigenvalue weighted by atomic mass is 19.1. The zero-order valence-electron chi connectivity index (χ0n) is 6.05. The molecular formula is C7H10FN3. The van der Waals surface area contributed by atoms with Crippen LogP contribution in [-0.4, -0.2) is 18.1 Å². The third-order valence-electron chi connectivity index (χ3n) is 1.17. The highest BCUT2D eigenvalue weighted by molar-refractivity contribution is 5.33. The molecule has 60 valence electrons. The summed E-state index contributed by atoms with van der Waals surface area (Å²) in [7, 11) is 0. The molecule has 0 aliphatic rings. The molecule has 1 heterocycles. The van der Waals surface area contributed by atoms with E-state index in [0.29, 0.717) is 18.9 Å². The molecule has 0 amide bonds. The molecule has 11 heavy (non-hydrogen) atoms. The molecule has 0 bridgehead atoms. The van der Waals surface area contributed by atoms with Crippen LogP contribution in [-0.2, 0) is 0 Å². The first-order valence-electron chi connectivity index (χ1n) is 3.39. The Balaban J connectivity index is 2.56. The van der Waals surface area contributed by atoms with Crippen molar-refractivity contribution in [2.75, 3.05) is 18.4 Å². The number of rotatable bonds is 3. The van der Waals surface area contributed by atoms with E-state index >= 15 is 0 Å². The van der Waals surface area contributed by atoms with Gasteiger partial charge in [-0.25, -0.2) is 4.98 Å². The van der Waals surface area contributed by atoms with Crippen molar-refractivity contribution in [3.05, 3.63) is 24.1 Å². The lowest BCUT2D eigenvalue weighted by Gasteiger charge is -2.01. The second-order valence-corrected chi connectivity index (χ2v) is 2.06. The fraction of sp³-hybridized carbons (Fsp3) is 0.286. The third kappa shape index (κ3) is 2.51. The van der Waals surface area contributed by atoms with E-state index in [9.17, 15) is 4.39 Å². The average Bonchev–Trinajstić information content (AvgIpc) is 2.01. The summed E-state index contributed by atoms with van der Waals surface area (Å²) in [6.07, 6.45) is 0. The largest absolute Gasteiger partial charge is 0.369 e. The maximum Gasteiger partial charge on any atom is 0.214 e. The zero-order valence-corrected chi connectivity index (χ0v) is 6.05. The number of hydrogen-bond acceptors (Lipinski definition) is 3. The molecule has 0 aliphatic carbocycles. The van der Waals surface area contributed by atoms with Crippen LogP contribution in [0.3, 0.4) is 0 Å². The van der Waals surface area contributed by atoms with Crippen LogP contribution in [0.15, 0.2) is 18.2 Å². The summed E-state index contributed by atoms with van der Waals surface area (Å²) < 4.78 is 12.4. The van der Waals surface area contributed by atoms with Crippen molar-refractivity contribution < 1.29 is 4.39 Å². The van der Waals surface area contributed by atoms with Crippen LogP contribution in [0.1, 0.15) is 0 Å². The number of hydrogen-bond donors (Lipinski definition) is 2. The highest BCUT2D eigenvalue weighted by Gasteiger charge is 1.92. The Bertz CT molecular complexity index is 227. The van der Waals surface area contributed by atoms with Crippen molar-refractivity contribution in [3.8, 4) is 0 Å². The summed E-state index contributed by atoms with van der Waals surface area (Å²) in [5.41, 5.74) is 5.23. The minimum absolute atomic E-state index is 0.480. The molecule has 0 saturated carbocycles. The molecule has 4 heteroatoms. The van der Waals surface area contributed by atoms with Crippen LogP contribution in [0.2, 0.25) is 0 Å². The average molecular weight is 155 g/mol. The van der Waals surface area contributed by atoms with Gasteiger partial charge in [0.15, 0.2) is 0 Å². The molecule has 1 rings (SSSR count). The summed E-state index contributed by atoms with van der Waals surface area (Å²) >= 11 is 0. The molecule has 0 fully saturated rings. The number of nitrogens with one attached hydrogen (secondary N) is 1. The minimum Gasteiger partial charge on any atom is -0.369 e. The van der Waals surface area contributed by atoms with Gasteiger partial charge in [-0.15, -0.1) is 0 Å². The Hall–Kier alpha value is -1.16. The summed E-state index contributed by atoms with van der Waals surface area (Å²) in [6, 6.07) is 4.59. The molecule has 0 atom stereocenters. The Labute approximate surface area is 64.4 Å². The van der Waals surface area contributed by atoms with E-state index in [2.05, 4.69) is 10.3 Å². The zero-order chi connectivity index (χ0) is 8.10. The molecule has 0 radical (unpaired) electrons. The Morgan fingerprint density at radius 2 is 2.36 bits per heavy atom. The van der Waals surface area contributed by atoms with Crippen LogP contribution in [0, 0.1) is 5.95 Å². The van der Waals surface area contributed by atoms with E-state index in [1.807, 2.05) is 0 Å². The van der Waals surface area contributed by atoms with Gasteiger partial charge in [-0.05, 0) is 12.1 Å². The van der Waals surface area contributed by atoms with Gasteiger partial charge in [0.1, 0.15) is 5.82 Å². The molecule has 0 spiro atoms. The van der Waals surface area contributed by atoms with E-state index in [0.717, 1.165) is 0 Å². The van der Waals surface area contributed by atoms with E-state index < -0.39 is 5.95 Å². The molecule has 0 unspecified atom stereocenters. The quantitative estimate of drug-likeness (QED) is 0.628. The summed E-state index contributed by atoms with van der Waals surface area (Å²) in [4.78, 5) is 3.58. The number of aromatic nitrogens is 1. The Morgan fingerprint density at radius 3 is 3.00 bits per heavy atom. The maximum absolute atomic E-state index is 12.4. The molecule has 0 saturated heterocycles. The Morgan fingerprint density at radius 1 is 1.55 bits per heavy atom. The van der Waals surface area contributed by atoms with Gasteiger partial charge in [0, 0.05) is 13.1 Å². The molecule has 0 aromatic carbocycles. The normalized spacial score (nSPS) is 9.64. The topological polar surface area (TPSA) is 50.9 Å². The van der Waals surface area contributed by atoms with Crippen LogP contribution in [0.5, 0.6) is 0 Å². The lowest BCUT2D eigenvalue weighted by atomic mass is 10.4. The molecule has 3 N–H and O–H groups in total. The van der Waals surface area contributed by atoms with Crippen molar-refractivity contribution in [2.45, 2.75) is 0 Å². The summed E-state index contributed by atoms with van der Waals surface area (Å²) in [5, 5.41) is 2.86. The van der Waals surface area contributed by atoms with Crippen molar-refractivity contribution in [2.24, 2.45) is 5.73 Å². The fourth-order valence-electron chi connectivity index (χ4n) is 0.707. The highest BCUT2D eigenvalue weighted by Crippen LogP contribution is 2.01. The van der Waals surface area contributed by atoms with Crippen LogP contribution >= 0.6 is 0 Å². The smallest absolute Gasteiger partial charge is 0.214 e. The SMILES string of the molecule is NCCNc1cccc(F)n1. The van der Waals surface area contributed by atoms with Crippen LogP contribution < -0.4 is 11.1 Å². The van der Waals surface area contributed by atoms with Gasteiger partial charge in [0.2, 0.25) is 5.95 Å². The van der Waals surface area contributed by atoms with Gasteiger partial charge in [0.05, 0.1) is 0 Å². The van der Waals surface area contributed by atoms with Gasteiger partial charge in [-0.3, -0.25) is 0 Å². The predicted molar refractivity (Wildman–Crippen MR) is 41.7 cm³/mol. The van der Waals surface area contributed by atoms with Gasteiger partial charge in [0.25, 0.3) is 0 Å². The Kier molecular flexibility index (Phi) is 2.80. The minimum atomic E-state index is -0.480. The van der Waals surface area contributed by atoms with Gasteiger partial charge in [-0.1, -0.05) is 6.07 Å². The van der Waals surface area contributed by atoms with Crippen molar-refractivity contribution in [1.29, 1.82) is 0 Å². The van der Waals surface area contributed by atoms with Gasteiger partial charge in [-0.2, -0.15) is 4.39 Å². The van der Waals surface area contributed by atoms with E-state index in [1.54, 1.807) is 12.1 Å². The van der Waals surface area contributed by atoms with E-state index in [-0.39, 0.29) is 0 Å². The van der Waals surface area contributed by atoms with E-state index in [1.165, 1.54) is 6.07 Å². The van der Waals surface area contributed by atoms with Crippen molar-refractivity contribution in [3.63, 3.8) is 0 Å². The fourth-order valence-corrected chi connectivity index (χ4v) is 0.707. The molecule has 1 aromatic heterocycles. The molecule has 1 aromatic rings. The summed E-state index contributed by atoms with van der Waals surface area (Å²) in [6.45, 7) is 1.12. The van der Waals surface area contributed by atoms with Gasteiger partial charge >= 0.3 is 0 Å². The first-order valence-corrected chi connectivity index (χ1v) is 3.39. The van der Waals surface area contributed by atoms with E-state index in [4.69, 9.17) is 5.73 Å². The summed E-state index contributed by atoms with van der Waals surface area (Å²) in [5.74, 6) is 0.0440. The van der Waals surface area contributed by atoms with Crippen molar-refractivity contribution in [1.82, 2.24) is 4.98 Å². The third-order valence-corrected chi connectivity index (χ3v) is 1.17. The lowest BCUT2D eigenvalue weighted by molar-refractivity contribution is 0.585. The number of nitrogens with two attached hydrogens (primary N) is 1. The lowest BCUT2D eigenvalue weighted by Crippen LogP contribution is -2.13. The number of anilines is 1. The number of nitrogens with zero attached hydrogens (tertiary/aromatic N) is 1. The standard InChI is InChI=1S/C7H10FN3/c8-6-2-1-3-7(11-6)10-5-4-9/h1-3H,4-5,9H2,(H,10,11). The van der Waals surface area contributed by atoms with Gasteiger partial charge < -0.3 is 11.1 Å². The molecule has 3 nitrogen and oxygen atoms in total. The molecule has 0 aliphatic heterocycles. The molecular weight excluding hydrogens is 145 g/mol.